The molecule has 1 aliphatic carbocycles. The fourth-order valence-corrected chi connectivity index (χ4v) is 3.94. The molecule has 0 amide bonds. The predicted molar refractivity (Wildman–Crippen MR) is 91.0 cm³/mol. The van der Waals surface area contributed by atoms with Gasteiger partial charge in [0.05, 0.1) is 6.10 Å². The third-order valence-electron chi connectivity index (χ3n) is 5.16. The fourth-order valence-electron chi connectivity index (χ4n) is 3.76. The first kappa shape index (κ1) is 17.0. The first-order chi connectivity index (χ1) is 11.1. The minimum Gasteiger partial charge on any atom is -0.490 e. The number of ether oxygens (including phenoxy) is 1. The highest BCUT2D eigenvalue weighted by Gasteiger charge is 2.43. The van der Waals surface area contributed by atoms with Gasteiger partial charge in [0.25, 0.3) is 0 Å². The molecule has 0 unspecified atom stereocenters. The number of halogens is 1. The standard InChI is InChI=1S/C18H26ClNO3/c19-14-5-4-8-16(11-14)23-13-18(22)12-20(10-9-17(18)21)15-6-2-1-3-7-15/h4-5,8,11,15,17,21-22H,1-3,6-7,9-10,12-13H2/t17-,18-/m0/s1. The number of aliphatic hydroxyl groups is 2. The van der Waals surface area contributed by atoms with Gasteiger partial charge >= 0.3 is 0 Å². The van der Waals surface area contributed by atoms with E-state index < -0.39 is 11.7 Å². The Morgan fingerprint density at radius 3 is 2.74 bits per heavy atom. The van der Waals surface area contributed by atoms with Crippen molar-refractivity contribution in [3.63, 3.8) is 0 Å². The molecule has 1 saturated carbocycles. The average Bonchev–Trinajstić information content (AvgIpc) is 2.57. The molecule has 0 aromatic heterocycles. The molecule has 23 heavy (non-hydrogen) atoms. The Hall–Kier alpha value is -0.810. The Morgan fingerprint density at radius 2 is 2.00 bits per heavy atom. The van der Waals surface area contributed by atoms with Crippen molar-refractivity contribution in [1.29, 1.82) is 0 Å². The van der Waals surface area contributed by atoms with Gasteiger partial charge < -0.3 is 14.9 Å². The summed E-state index contributed by atoms with van der Waals surface area (Å²) in [7, 11) is 0. The maximum atomic E-state index is 10.9. The average molecular weight is 340 g/mol. The number of nitrogens with zero attached hydrogens (tertiary/aromatic N) is 1. The van der Waals surface area contributed by atoms with Crippen LogP contribution < -0.4 is 4.74 Å². The van der Waals surface area contributed by atoms with Crippen LogP contribution in [0.2, 0.25) is 5.02 Å². The monoisotopic (exact) mass is 339 g/mol. The second-order valence-corrected chi connectivity index (χ2v) is 7.35. The zero-order valence-corrected chi connectivity index (χ0v) is 14.2. The van der Waals surface area contributed by atoms with E-state index in [4.69, 9.17) is 16.3 Å². The smallest absolute Gasteiger partial charge is 0.137 e. The number of β-amino-alcohol motifs (C(OH)–C–C–N with tert-alkyl or cyclic N) is 1. The van der Waals surface area contributed by atoms with Gasteiger partial charge in [0.1, 0.15) is 18.0 Å². The first-order valence-corrected chi connectivity index (χ1v) is 8.97. The van der Waals surface area contributed by atoms with Gasteiger partial charge in [-0.05, 0) is 37.5 Å². The number of benzene rings is 1. The Balaban J connectivity index is 1.62. The van der Waals surface area contributed by atoms with Crippen LogP contribution >= 0.6 is 11.6 Å². The third kappa shape index (κ3) is 4.18. The lowest BCUT2D eigenvalue weighted by Crippen LogP contribution is -2.61. The van der Waals surface area contributed by atoms with Crippen LogP contribution in [0.25, 0.3) is 0 Å². The predicted octanol–water partition coefficient (Wildman–Crippen LogP) is 2.85. The second-order valence-electron chi connectivity index (χ2n) is 6.92. The van der Waals surface area contributed by atoms with Crippen LogP contribution in [-0.2, 0) is 0 Å². The minimum absolute atomic E-state index is 0.0811. The molecule has 0 spiro atoms. The molecule has 2 N–H and O–H groups in total. The first-order valence-electron chi connectivity index (χ1n) is 8.60. The van der Waals surface area contributed by atoms with Crippen LogP contribution in [0.3, 0.4) is 0 Å². The zero-order chi connectivity index (χ0) is 16.3. The Labute approximate surface area is 143 Å². The number of hydrogen-bond acceptors (Lipinski definition) is 4. The summed E-state index contributed by atoms with van der Waals surface area (Å²) in [5.74, 6) is 0.618. The molecule has 0 bridgehead atoms. The van der Waals surface area contributed by atoms with E-state index in [9.17, 15) is 10.2 Å². The van der Waals surface area contributed by atoms with Gasteiger partial charge in [-0.25, -0.2) is 0 Å². The molecule has 5 heteroatoms. The Bertz CT molecular complexity index is 521. The quantitative estimate of drug-likeness (QED) is 0.885. The lowest BCUT2D eigenvalue weighted by molar-refractivity contribution is -0.146. The van der Waals surface area contributed by atoms with Crippen molar-refractivity contribution in [3.05, 3.63) is 29.3 Å². The maximum absolute atomic E-state index is 10.9. The SMILES string of the molecule is O[C@H]1CCN(C2CCCCC2)C[C@]1(O)COc1cccc(Cl)c1. The van der Waals surface area contributed by atoms with E-state index in [0.717, 1.165) is 6.54 Å². The number of piperidine rings is 1. The van der Waals surface area contributed by atoms with Gasteiger partial charge in [0, 0.05) is 24.2 Å². The van der Waals surface area contributed by atoms with E-state index in [1.54, 1.807) is 12.1 Å². The number of aliphatic hydroxyl groups excluding tert-OH is 1. The summed E-state index contributed by atoms with van der Waals surface area (Å²) >= 11 is 5.95. The summed E-state index contributed by atoms with van der Waals surface area (Å²) in [4.78, 5) is 2.34. The van der Waals surface area contributed by atoms with Crippen LogP contribution in [-0.4, -0.2) is 52.6 Å². The van der Waals surface area contributed by atoms with E-state index in [1.165, 1.54) is 32.1 Å². The zero-order valence-electron chi connectivity index (χ0n) is 13.5. The Morgan fingerprint density at radius 1 is 1.22 bits per heavy atom. The molecule has 2 fully saturated rings. The molecule has 3 rings (SSSR count). The largest absolute Gasteiger partial charge is 0.490 e. The molecule has 1 saturated heterocycles. The topological polar surface area (TPSA) is 52.9 Å². The van der Waals surface area contributed by atoms with E-state index in [-0.39, 0.29) is 6.61 Å². The fraction of sp³-hybridized carbons (Fsp3) is 0.667. The molecule has 0 radical (unpaired) electrons. The highest BCUT2D eigenvalue weighted by atomic mass is 35.5. The van der Waals surface area contributed by atoms with Gasteiger partial charge in [-0.15, -0.1) is 0 Å². The lowest BCUT2D eigenvalue weighted by Gasteiger charge is -2.46. The number of likely N-dealkylation sites (tertiary alicyclic amines) is 1. The molecule has 2 aliphatic rings. The summed E-state index contributed by atoms with van der Waals surface area (Å²) < 4.78 is 5.71. The van der Waals surface area contributed by atoms with Gasteiger partial charge in [-0.3, -0.25) is 4.90 Å². The van der Waals surface area contributed by atoms with Crippen LogP contribution in [0.1, 0.15) is 38.5 Å². The third-order valence-corrected chi connectivity index (χ3v) is 5.40. The van der Waals surface area contributed by atoms with Crippen LogP contribution in [0, 0.1) is 0 Å². The summed E-state index contributed by atoms with van der Waals surface area (Å²) in [6, 6.07) is 7.66. The van der Waals surface area contributed by atoms with Crippen molar-refractivity contribution in [2.75, 3.05) is 19.7 Å². The normalized spacial score (nSPS) is 30.3. The summed E-state index contributed by atoms with van der Waals surface area (Å²) in [6.45, 7) is 1.41. The molecule has 4 nitrogen and oxygen atoms in total. The molecule has 1 aliphatic heterocycles. The molecule has 1 aromatic rings. The minimum atomic E-state index is -1.22. The van der Waals surface area contributed by atoms with Crippen LogP contribution in [0.5, 0.6) is 5.75 Å². The summed E-state index contributed by atoms with van der Waals surface area (Å²) in [5, 5.41) is 21.8. The van der Waals surface area contributed by atoms with Crippen molar-refractivity contribution in [2.24, 2.45) is 0 Å². The molecule has 1 heterocycles. The van der Waals surface area contributed by atoms with Crippen LogP contribution in [0.4, 0.5) is 0 Å². The van der Waals surface area contributed by atoms with E-state index >= 15 is 0 Å². The van der Waals surface area contributed by atoms with E-state index in [1.807, 2.05) is 12.1 Å². The van der Waals surface area contributed by atoms with Crippen molar-refractivity contribution < 1.29 is 14.9 Å². The van der Waals surface area contributed by atoms with Crippen molar-refractivity contribution in [2.45, 2.75) is 56.3 Å². The van der Waals surface area contributed by atoms with Gasteiger partial charge in [0.15, 0.2) is 0 Å². The Kier molecular flexibility index (Phi) is 5.47. The van der Waals surface area contributed by atoms with E-state index in [2.05, 4.69) is 4.90 Å². The summed E-state index contributed by atoms with van der Waals surface area (Å²) in [5.41, 5.74) is -1.22. The van der Waals surface area contributed by atoms with E-state index in [0.29, 0.717) is 29.8 Å². The summed E-state index contributed by atoms with van der Waals surface area (Å²) in [6.07, 6.45) is 6.08. The molecular weight excluding hydrogens is 314 g/mol. The van der Waals surface area contributed by atoms with Crippen molar-refractivity contribution >= 4 is 11.6 Å². The van der Waals surface area contributed by atoms with Gasteiger partial charge in [-0.2, -0.15) is 0 Å². The lowest BCUT2D eigenvalue weighted by atomic mass is 9.86. The van der Waals surface area contributed by atoms with Crippen LogP contribution in [0.15, 0.2) is 24.3 Å². The molecular formula is C18H26ClNO3. The molecule has 2 atom stereocenters. The highest BCUT2D eigenvalue weighted by Crippen LogP contribution is 2.30. The maximum Gasteiger partial charge on any atom is 0.137 e. The van der Waals surface area contributed by atoms with Crippen molar-refractivity contribution in [1.82, 2.24) is 4.90 Å². The molecule has 1 aromatic carbocycles. The molecule has 128 valence electrons. The number of rotatable bonds is 4. The van der Waals surface area contributed by atoms with Gasteiger partial charge in [-0.1, -0.05) is 36.9 Å². The second kappa shape index (κ2) is 7.39. The highest BCUT2D eigenvalue weighted by molar-refractivity contribution is 6.30. The van der Waals surface area contributed by atoms with Crippen molar-refractivity contribution in [3.8, 4) is 5.75 Å². The van der Waals surface area contributed by atoms with Gasteiger partial charge in [0.2, 0.25) is 0 Å². The number of hydrogen-bond donors (Lipinski definition) is 2.